The topological polar surface area (TPSA) is 22.8 Å². The van der Waals surface area contributed by atoms with Crippen LogP contribution >= 0.6 is 0 Å². The Labute approximate surface area is 207 Å². The molecule has 0 atom stereocenters. The number of pyridine rings is 1. The molecule has 0 bridgehead atoms. The van der Waals surface area contributed by atoms with Crippen LogP contribution in [0.3, 0.4) is 0 Å². The molecule has 0 saturated heterocycles. The van der Waals surface area contributed by atoms with Crippen LogP contribution in [0.15, 0.2) is 128 Å². The van der Waals surface area contributed by atoms with Gasteiger partial charge in [-0.15, -0.1) is 0 Å². The number of hydrogen-bond acceptors (Lipinski definition) is 1. The summed E-state index contributed by atoms with van der Waals surface area (Å²) in [6.07, 6.45) is 1.87. The highest BCUT2D eigenvalue weighted by Gasteiger charge is 2.24. The van der Waals surface area contributed by atoms with Crippen molar-refractivity contribution in [2.45, 2.75) is 0 Å². The van der Waals surface area contributed by atoms with E-state index in [1.165, 1.54) is 48.9 Å². The largest absolute Gasteiger partial charge is 0.309 e. The first-order chi connectivity index (χ1) is 17.9. The van der Waals surface area contributed by atoms with Gasteiger partial charge in [0, 0.05) is 38.8 Å². The number of aromatic nitrogens is 3. The second-order valence-corrected chi connectivity index (χ2v) is 9.22. The second kappa shape index (κ2) is 7.30. The monoisotopic (exact) mass is 459 g/mol. The van der Waals surface area contributed by atoms with E-state index in [4.69, 9.17) is 4.98 Å². The van der Waals surface area contributed by atoms with Gasteiger partial charge >= 0.3 is 0 Å². The fourth-order valence-corrected chi connectivity index (χ4v) is 5.96. The number of rotatable bonds is 2. The molecular formula is C33H21N3. The fourth-order valence-electron chi connectivity index (χ4n) is 5.96. The summed E-state index contributed by atoms with van der Waals surface area (Å²) in [5.41, 5.74) is 5.97. The molecule has 0 saturated carbocycles. The van der Waals surface area contributed by atoms with Crippen LogP contribution in [0.4, 0.5) is 0 Å². The molecule has 3 heterocycles. The van der Waals surface area contributed by atoms with Gasteiger partial charge in [0.2, 0.25) is 0 Å². The van der Waals surface area contributed by atoms with E-state index in [-0.39, 0.29) is 0 Å². The van der Waals surface area contributed by atoms with Gasteiger partial charge in [-0.1, -0.05) is 84.9 Å². The average molecular weight is 460 g/mol. The maximum Gasteiger partial charge on any atom is 0.137 e. The molecule has 36 heavy (non-hydrogen) atoms. The highest BCUT2D eigenvalue weighted by molar-refractivity contribution is 6.36. The van der Waals surface area contributed by atoms with Crippen molar-refractivity contribution in [2.75, 3.05) is 0 Å². The van der Waals surface area contributed by atoms with Gasteiger partial charge in [-0.05, 0) is 41.8 Å². The lowest BCUT2D eigenvalue weighted by Gasteiger charge is -2.12. The van der Waals surface area contributed by atoms with Crippen molar-refractivity contribution in [1.82, 2.24) is 14.1 Å². The van der Waals surface area contributed by atoms with Crippen molar-refractivity contribution in [1.29, 1.82) is 0 Å². The summed E-state index contributed by atoms with van der Waals surface area (Å²) in [6, 6.07) is 43.1. The molecule has 0 aliphatic carbocycles. The van der Waals surface area contributed by atoms with Gasteiger partial charge in [-0.2, -0.15) is 0 Å². The Morgan fingerprint density at radius 3 is 1.72 bits per heavy atom. The van der Waals surface area contributed by atoms with Crippen molar-refractivity contribution in [3.8, 4) is 11.5 Å². The molecule has 5 aromatic carbocycles. The summed E-state index contributed by atoms with van der Waals surface area (Å²) in [7, 11) is 0. The molecule has 0 fully saturated rings. The molecule has 8 aromatic rings. The van der Waals surface area contributed by atoms with Crippen molar-refractivity contribution in [3.63, 3.8) is 0 Å². The molecule has 8 rings (SSSR count). The van der Waals surface area contributed by atoms with Crippen molar-refractivity contribution >= 4 is 54.4 Å². The van der Waals surface area contributed by atoms with Crippen LogP contribution in [0.5, 0.6) is 0 Å². The Hall–Kier alpha value is -4.89. The van der Waals surface area contributed by atoms with E-state index in [9.17, 15) is 0 Å². The molecule has 0 unspecified atom stereocenters. The quantitative estimate of drug-likeness (QED) is 0.254. The van der Waals surface area contributed by atoms with Gasteiger partial charge in [0.1, 0.15) is 5.82 Å². The van der Waals surface area contributed by atoms with Crippen LogP contribution in [-0.2, 0) is 0 Å². The zero-order valence-corrected chi connectivity index (χ0v) is 19.5. The normalized spacial score (nSPS) is 11.9. The molecule has 0 N–H and O–H groups in total. The molecule has 0 aliphatic heterocycles. The highest BCUT2D eigenvalue weighted by atomic mass is 15.1. The van der Waals surface area contributed by atoms with E-state index in [2.05, 4.69) is 124 Å². The maximum absolute atomic E-state index is 4.79. The zero-order valence-electron chi connectivity index (χ0n) is 19.5. The molecule has 3 heteroatoms. The van der Waals surface area contributed by atoms with E-state index in [1.54, 1.807) is 0 Å². The van der Waals surface area contributed by atoms with E-state index in [1.807, 2.05) is 12.3 Å². The smallest absolute Gasteiger partial charge is 0.137 e. The van der Waals surface area contributed by atoms with Crippen LogP contribution in [0.1, 0.15) is 0 Å². The Morgan fingerprint density at radius 1 is 0.417 bits per heavy atom. The van der Waals surface area contributed by atoms with Gasteiger partial charge in [-0.3, -0.25) is 4.57 Å². The molecular weight excluding hydrogens is 438 g/mol. The minimum absolute atomic E-state index is 0.926. The highest BCUT2D eigenvalue weighted by Crippen LogP contribution is 2.46. The predicted octanol–water partition coefficient (Wildman–Crippen LogP) is 8.43. The summed E-state index contributed by atoms with van der Waals surface area (Å²) in [5, 5.41) is 7.54. The number of para-hydroxylation sites is 3. The van der Waals surface area contributed by atoms with E-state index in [0.29, 0.717) is 0 Å². The van der Waals surface area contributed by atoms with Crippen LogP contribution in [-0.4, -0.2) is 14.1 Å². The fraction of sp³-hybridized carbons (Fsp3) is 0. The lowest BCUT2D eigenvalue weighted by molar-refractivity contribution is 1.08. The molecule has 3 nitrogen and oxygen atoms in total. The first kappa shape index (κ1) is 19.4. The maximum atomic E-state index is 4.79. The van der Waals surface area contributed by atoms with Gasteiger partial charge in [-0.25, -0.2) is 4.98 Å². The molecule has 3 aromatic heterocycles. The summed E-state index contributed by atoms with van der Waals surface area (Å²) in [6.45, 7) is 0. The van der Waals surface area contributed by atoms with Crippen molar-refractivity contribution in [3.05, 3.63) is 128 Å². The zero-order chi connectivity index (χ0) is 23.6. The minimum Gasteiger partial charge on any atom is -0.309 e. The Balaban J connectivity index is 1.77. The predicted molar refractivity (Wildman–Crippen MR) is 150 cm³/mol. The van der Waals surface area contributed by atoms with Crippen LogP contribution < -0.4 is 0 Å². The Morgan fingerprint density at radius 2 is 1.00 bits per heavy atom. The number of benzene rings is 5. The third-order valence-corrected chi connectivity index (χ3v) is 7.33. The Bertz CT molecular complexity index is 2080. The van der Waals surface area contributed by atoms with Crippen molar-refractivity contribution < 1.29 is 0 Å². The van der Waals surface area contributed by atoms with Gasteiger partial charge < -0.3 is 4.57 Å². The standard InChI is InChI=1S/C33H21N3/c1-2-12-22(13-3-1)35-27-18-8-6-16-25(27)30-23-14-4-5-15-24(23)32-31(33(30)35)26-17-7-9-19-28(26)36(32)29-20-10-11-21-34-29/h1-21H. The SMILES string of the molecule is c1ccc(-n2c3ccccc3c3c4ccccc4c4c(c5ccccc5n4-c4ccccn4)c32)cc1. The first-order valence-corrected chi connectivity index (χ1v) is 12.3. The third kappa shape index (κ3) is 2.49. The van der Waals surface area contributed by atoms with Gasteiger partial charge in [0.25, 0.3) is 0 Å². The summed E-state index contributed by atoms with van der Waals surface area (Å²) in [5.74, 6) is 0.926. The van der Waals surface area contributed by atoms with E-state index >= 15 is 0 Å². The molecule has 0 spiro atoms. The number of fused-ring (bicyclic) bond motifs is 10. The van der Waals surface area contributed by atoms with Gasteiger partial charge in [0.05, 0.1) is 22.1 Å². The van der Waals surface area contributed by atoms with E-state index in [0.717, 1.165) is 17.0 Å². The summed E-state index contributed by atoms with van der Waals surface area (Å²) >= 11 is 0. The van der Waals surface area contributed by atoms with Crippen LogP contribution in [0.25, 0.3) is 65.9 Å². The molecule has 0 amide bonds. The third-order valence-electron chi connectivity index (χ3n) is 7.33. The van der Waals surface area contributed by atoms with Gasteiger partial charge in [0.15, 0.2) is 0 Å². The van der Waals surface area contributed by atoms with E-state index < -0.39 is 0 Å². The average Bonchev–Trinajstić information content (AvgIpc) is 3.48. The first-order valence-electron chi connectivity index (χ1n) is 12.3. The van der Waals surface area contributed by atoms with Crippen LogP contribution in [0, 0.1) is 0 Å². The second-order valence-electron chi connectivity index (χ2n) is 9.22. The summed E-state index contributed by atoms with van der Waals surface area (Å²) in [4.78, 5) is 4.79. The lowest BCUT2D eigenvalue weighted by atomic mass is 9.99. The van der Waals surface area contributed by atoms with Crippen molar-refractivity contribution in [2.24, 2.45) is 0 Å². The Kier molecular flexibility index (Phi) is 3.94. The minimum atomic E-state index is 0.926. The summed E-state index contributed by atoms with van der Waals surface area (Å²) < 4.78 is 4.77. The van der Waals surface area contributed by atoms with Crippen LogP contribution in [0.2, 0.25) is 0 Å². The molecule has 0 aliphatic rings. The molecule has 168 valence electrons. The number of nitrogens with zero attached hydrogens (tertiary/aromatic N) is 3. The molecule has 0 radical (unpaired) electrons. The number of hydrogen-bond donors (Lipinski definition) is 0. The lowest BCUT2D eigenvalue weighted by Crippen LogP contribution is -1.98.